The number of aromatic nitrogens is 2. The molecule has 3 nitrogen and oxygen atoms in total. The Morgan fingerprint density at radius 2 is 2.56 bits per heavy atom. The minimum atomic E-state index is 0.898. The normalized spacial score (nSPS) is 17.3. The van der Waals surface area contributed by atoms with Crippen LogP contribution in [0.25, 0.3) is 0 Å². The van der Waals surface area contributed by atoms with Gasteiger partial charge in [0.05, 0.1) is 17.7 Å². The lowest BCUT2D eigenvalue weighted by Crippen LogP contribution is -2.18. The number of hydrogen-bond donors (Lipinski definition) is 2. The highest BCUT2D eigenvalue weighted by molar-refractivity contribution is 5.15. The van der Waals surface area contributed by atoms with Crippen molar-refractivity contribution in [3.05, 3.63) is 24.3 Å². The number of H-pyrrole nitrogens is 1. The Hall–Kier alpha value is -0.830. The summed E-state index contributed by atoms with van der Waals surface area (Å²) < 4.78 is 0. The molecule has 0 atom stereocenters. The summed E-state index contributed by atoms with van der Waals surface area (Å²) in [6.07, 6.45) is 2.68. The smallest absolute Gasteiger partial charge is 0.0925 e. The van der Waals surface area contributed by atoms with Crippen LogP contribution in [0.5, 0.6) is 0 Å². The second-order valence-electron chi connectivity index (χ2n) is 2.12. The highest BCUT2D eigenvalue weighted by Crippen LogP contribution is 2.08. The molecule has 1 aromatic heterocycles. The summed E-state index contributed by atoms with van der Waals surface area (Å²) in [5.74, 6) is 0. The van der Waals surface area contributed by atoms with Crippen LogP contribution < -0.4 is 5.32 Å². The van der Waals surface area contributed by atoms with Gasteiger partial charge in [0.15, 0.2) is 0 Å². The van der Waals surface area contributed by atoms with E-state index in [2.05, 4.69) is 15.3 Å². The Balaban J connectivity index is 2.39. The predicted octanol–water partition coefficient (Wildman–Crippen LogP) is 0.217. The molecule has 1 aliphatic heterocycles. The second kappa shape index (κ2) is 1.84. The Morgan fingerprint density at radius 3 is 3.44 bits per heavy atom. The van der Waals surface area contributed by atoms with Gasteiger partial charge in [-0.1, -0.05) is 0 Å². The SMILES string of the molecule is [CH]1Cc2nc[nH]c2CN1. The van der Waals surface area contributed by atoms with Crippen molar-refractivity contribution in [1.82, 2.24) is 15.3 Å². The molecule has 2 N–H and O–H groups in total. The fourth-order valence-corrected chi connectivity index (χ4v) is 1.02. The molecule has 0 unspecified atom stereocenters. The molecule has 1 aromatic rings. The van der Waals surface area contributed by atoms with Crippen molar-refractivity contribution in [3.63, 3.8) is 0 Å². The minimum absolute atomic E-state index is 0.898. The fraction of sp³-hybridized carbons (Fsp3) is 0.333. The van der Waals surface area contributed by atoms with E-state index in [0.717, 1.165) is 13.0 Å². The molecular weight excluding hydrogens is 114 g/mol. The van der Waals surface area contributed by atoms with Gasteiger partial charge in [0, 0.05) is 19.5 Å². The zero-order valence-corrected chi connectivity index (χ0v) is 5.02. The maximum atomic E-state index is 4.13. The summed E-state index contributed by atoms with van der Waals surface area (Å²) in [5, 5.41) is 3.13. The topological polar surface area (TPSA) is 40.7 Å². The first kappa shape index (κ1) is 4.99. The van der Waals surface area contributed by atoms with E-state index in [1.165, 1.54) is 11.4 Å². The molecule has 2 heterocycles. The molecule has 0 spiro atoms. The van der Waals surface area contributed by atoms with Crippen LogP contribution in [0.4, 0.5) is 0 Å². The van der Waals surface area contributed by atoms with Crippen molar-refractivity contribution >= 4 is 0 Å². The zero-order valence-electron chi connectivity index (χ0n) is 5.02. The Labute approximate surface area is 53.5 Å². The van der Waals surface area contributed by atoms with E-state index in [9.17, 15) is 0 Å². The largest absolute Gasteiger partial charge is 0.347 e. The molecule has 0 aliphatic carbocycles. The molecule has 0 saturated carbocycles. The Bertz CT molecular complexity index is 183. The number of nitrogens with one attached hydrogen (secondary N) is 2. The van der Waals surface area contributed by atoms with Crippen LogP contribution in [-0.2, 0) is 13.0 Å². The standard InChI is InChI=1S/C6H8N3/c1-2-7-3-6-5(1)8-4-9-6/h2,4,7H,1,3H2,(H,8,9). The molecule has 2 rings (SSSR count). The lowest BCUT2D eigenvalue weighted by molar-refractivity contribution is 0.705. The quantitative estimate of drug-likeness (QED) is 0.516. The van der Waals surface area contributed by atoms with Crippen LogP contribution in [0.15, 0.2) is 6.33 Å². The van der Waals surface area contributed by atoms with Gasteiger partial charge < -0.3 is 10.3 Å². The van der Waals surface area contributed by atoms with Crippen molar-refractivity contribution in [2.75, 3.05) is 0 Å². The van der Waals surface area contributed by atoms with E-state index in [1.807, 2.05) is 6.54 Å². The summed E-state index contributed by atoms with van der Waals surface area (Å²) in [4.78, 5) is 7.19. The average molecular weight is 122 g/mol. The van der Waals surface area contributed by atoms with E-state index in [1.54, 1.807) is 6.33 Å². The molecule has 3 heteroatoms. The molecule has 47 valence electrons. The summed E-state index contributed by atoms with van der Waals surface area (Å²) in [6.45, 7) is 2.93. The van der Waals surface area contributed by atoms with Crippen molar-refractivity contribution in [2.24, 2.45) is 0 Å². The highest BCUT2D eigenvalue weighted by atomic mass is 15.0. The van der Waals surface area contributed by atoms with Crippen molar-refractivity contribution in [1.29, 1.82) is 0 Å². The first-order valence-electron chi connectivity index (χ1n) is 3.03. The molecule has 9 heavy (non-hydrogen) atoms. The summed E-state index contributed by atoms with van der Waals surface area (Å²) in [6, 6.07) is 0. The van der Waals surface area contributed by atoms with Gasteiger partial charge in [0.25, 0.3) is 0 Å². The number of fused-ring (bicyclic) bond motifs is 1. The van der Waals surface area contributed by atoms with Crippen LogP contribution >= 0.6 is 0 Å². The third-order valence-corrected chi connectivity index (χ3v) is 1.53. The molecular formula is C6H8N3. The van der Waals surface area contributed by atoms with Crippen molar-refractivity contribution in [3.8, 4) is 0 Å². The molecule has 0 aromatic carbocycles. The van der Waals surface area contributed by atoms with E-state index < -0.39 is 0 Å². The van der Waals surface area contributed by atoms with Gasteiger partial charge in [0.2, 0.25) is 0 Å². The first-order valence-corrected chi connectivity index (χ1v) is 3.03. The van der Waals surface area contributed by atoms with Gasteiger partial charge in [-0.2, -0.15) is 0 Å². The fourth-order valence-electron chi connectivity index (χ4n) is 1.02. The van der Waals surface area contributed by atoms with Gasteiger partial charge in [0.1, 0.15) is 0 Å². The Morgan fingerprint density at radius 1 is 1.56 bits per heavy atom. The van der Waals surface area contributed by atoms with Gasteiger partial charge in [-0.05, 0) is 0 Å². The molecule has 0 saturated heterocycles. The lowest BCUT2D eigenvalue weighted by atomic mass is 10.2. The van der Waals surface area contributed by atoms with E-state index in [0.29, 0.717) is 0 Å². The maximum Gasteiger partial charge on any atom is 0.0925 e. The highest BCUT2D eigenvalue weighted by Gasteiger charge is 2.08. The van der Waals surface area contributed by atoms with Crippen molar-refractivity contribution in [2.45, 2.75) is 13.0 Å². The number of imidazole rings is 1. The monoisotopic (exact) mass is 122 g/mol. The van der Waals surface area contributed by atoms with Gasteiger partial charge in [-0.25, -0.2) is 4.98 Å². The maximum absolute atomic E-state index is 4.13. The molecule has 1 aliphatic rings. The van der Waals surface area contributed by atoms with Crippen LogP contribution in [0.1, 0.15) is 11.4 Å². The van der Waals surface area contributed by atoms with Crippen LogP contribution in [-0.4, -0.2) is 9.97 Å². The first-order chi connectivity index (χ1) is 4.47. The number of hydrogen-bond acceptors (Lipinski definition) is 2. The van der Waals surface area contributed by atoms with Crippen LogP contribution in [0.3, 0.4) is 0 Å². The van der Waals surface area contributed by atoms with Gasteiger partial charge >= 0.3 is 0 Å². The molecule has 0 bridgehead atoms. The summed E-state index contributed by atoms with van der Waals surface area (Å²) >= 11 is 0. The average Bonchev–Trinajstić information content (AvgIpc) is 2.33. The molecule has 0 amide bonds. The molecule has 1 radical (unpaired) electrons. The third-order valence-electron chi connectivity index (χ3n) is 1.53. The lowest BCUT2D eigenvalue weighted by Gasteiger charge is -2.09. The van der Waals surface area contributed by atoms with E-state index in [4.69, 9.17) is 0 Å². The third kappa shape index (κ3) is 0.733. The Kier molecular flexibility index (Phi) is 1.02. The predicted molar refractivity (Wildman–Crippen MR) is 33.4 cm³/mol. The van der Waals surface area contributed by atoms with Gasteiger partial charge in [-0.3, -0.25) is 0 Å². The zero-order chi connectivity index (χ0) is 6.10. The van der Waals surface area contributed by atoms with E-state index >= 15 is 0 Å². The second-order valence-corrected chi connectivity index (χ2v) is 2.12. The van der Waals surface area contributed by atoms with Crippen LogP contribution in [0.2, 0.25) is 0 Å². The number of rotatable bonds is 0. The minimum Gasteiger partial charge on any atom is -0.347 e. The van der Waals surface area contributed by atoms with E-state index in [-0.39, 0.29) is 0 Å². The van der Waals surface area contributed by atoms with Crippen molar-refractivity contribution < 1.29 is 0 Å². The van der Waals surface area contributed by atoms with Gasteiger partial charge in [-0.15, -0.1) is 0 Å². The number of aromatic amines is 1. The molecule has 0 fully saturated rings. The number of nitrogens with zero attached hydrogens (tertiary/aromatic N) is 1. The summed E-state index contributed by atoms with van der Waals surface area (Å²) in [5.41, 5.74) is 2.39. The van der Waals surface area contributed by atoms with Crippen LogP contribution in [0, 0.1) is 6.54 Å². The summed E-state index contributed by atoms with van der Waals surface area (Å²) in [7, 11) is 0.